The highest BCUT2D eigenvalue weighted by Crippen LogP contribution is 2.44. The standard InChI is InChI=1S/C16H25N4O9P/c1-18(2)14(23)27-16(28-15(24)19(3)4)29-30(25,26)9-8-20-7-5-6-17-10-11(20)13(22)12(10)21/h16-17H,5-9H2,1-4H3,(H,25,26). The first-order chi connectivity index (χ1) is 13.9. The van der Waals surface area contributed by atoms with Crippen LogP contribution in [0.1, 0.15) is 6.42 Å². The molecule has 30 heavy (non-hydrogen) atoms. The molecule has 1 atom stereocenters. The zero-order chi connectivity index (χ0) is 22.6. The van der Waals surface area contributed by atoms with Gasteiger partial charge in [0.05, 0.1) is 6.16 Å². The molecule has 14 heteroatoms. The van der Waals surface area contributed by atoms with Gasteiger partial charge in [0.25, 0.3) is 10.9 Å². The van der Waals surface area contributed by atoms with Crippen LogP contribution in [-0.4, -0.2) is 87.3 Å². The molecule has 2 rings (SSSR count). The van der Waals surface area contributed by atoms with Gasteiger partial charge in [0.15, 0.2) is 0 Å². The van der Waals surface area contributed by atoms with Crippen LogP contribution in [0.25, 0.3) is 0 Å². The minimum Gasteiger partial charge on any atom is -0.383 e. The summed E-state index contributed by atoms with van der Waals surface area (Å²) >= 11 is 0. The van der Waals surface area contributed by atoms with Crippen LogP contribution >= 0.6 is 7.60 Å². The Morgan fingerprint density at radius 3 is 2.23 bits per heavy atom. The van der Waals surface area contributed by atoms with Crippen molar-refractivity contribution in [3.8, 4) is 0 Å². The normalized spacial score (nSPS) is 15.6. The van der Waals surface area contributed by atoms with Gasteiger partial charge in [-0.05, 0) is 6.42 Å². The SMILES string of the molecule is CN(C)C(=O)OC(OC(=O)N(C)C)OP(=O)(O)CCN1CCCNc2c1c(=O)c2=O. The van der Waals surface area contributed by atoms with E-state index in [1.165, 1.54) is 33.1 Å². The van der Waals surface area contributed by atoms with E-state index in [1.54, 1.807) is 0 Å². The molecule has 2 amide bonds. The number of rotatable bonds is 7. The Bertz CT molecular complexity index is 887. The Morgan fingerprint density at radius 1 is 1.13 bits per heavy atom. The van der Waals surface area contributed by atoms with Crippen LogP contribution < -0.4 is 21.1 Å². The number of carbonyl (C=O) groups is 2. The van der Waals surface area contributed by atoms with Crippen molar-refractivity contribution in [2.24, 2.45) is 0 Å². The van der Waals surface area contributed by atoms with Crippen molar-refractivity contribution >= 4 is 31.2 Å². The third-order valence-electron chi connectivity index (χ3n) is 4.14. The Kier molecular flexibility index (Phi) is 7.45. The quantitative estimate of drug-likeness (QED) is 0.323. The number of hydrogen-bond donors (Lipinski definition) is 2. The van der Waals surface area contributed by atoms with Crippen molar-refractivity contribution in [1.82, 2.24) is 9.80 Å². The number of anilines is 2. The Labute approximate surface area is 172 Å². The summed E-state index contributed by atoms with van der Waals surface area (Å²) in [5, 5.41) is 2.87. The van der Waals surface area contributed by atoms with Gasteiger partial charge in [0, 0.05) is 47.8 Å². The summed E-state index contributed by atoms with van der Waals surface area (Å²) in [7, 11) is 1.02. The molecular formula is C16H25N4O9P. The van der Waals surface area contributed by atoms with E-state index in [0.717, 1.165) is 9.80 Å². The fourth-order valence-corrected chi connectivity index (χ4v) is 3.50. The molecule has 0 radical (unpaired) electrons. The van der Waals surface area contributed by atoms with Crippen molar-refractivity contribution in [2.75, 3.05) is 64.2 Å². The van der Waals surface area contributed by atoms with E-state index in [-0.39, 0.29) is 17.9 Å². The summed E-state index contributed by atoms with van der Waals surface area (Å²) < 4.78 is 27.0. The summed E-state index contributed by atoms with van der Waals surface area (Å²) in [6.07, 6.45) is -1.79. The number of nitrogens with one attached hydrogen (secondary N) is 1. The van der Waals surface area contributed by atoms with E-state index in [9.17, 15) is 28.6 Å². The highest BCUT2D eigenvalue weighted by molar-refractivity contribution is 7.52. The predicted molar refractivity (Wildman–Crippen MR) is 107 cm³/mol. The van der Waals surface area contributed by atoms with E-state index in [2.05, 4.69) is 5.32 Å². The van der Waals surface area contributed by atoms with Crippen LogP contribution in [0, 0.1) is 0 Å². The van der Waals surface area contributed by atoms with Gasteiger partial charge in [-0.3, -0.25) is 14.2 Å². The minimum atomic E-state index is -4.43. The molecular weight excluding hydrogens is 423 g/mol. The summed E-state index contributed by atoms with van der Waals surface area (Å²) in [6.45, 7) is -1.26. The molecule has 1 aromatic carbocycles. The van der Waals surface area contributed by atoms with Gasteiger partial charge in [0.1, 0.15) is 11.4 Å². The highest BCUT2D eigenvalue weighted by atomic mass is 31.2. The van der Waals surface area contributed by atoms with Crippen LogP contribution in [0.2, 0.25) is 0 Å². The maximum Gasteiger partial charge on any atom is 0.414 e. The first-order valence-electron chi connectivity index (χ1n) is 9.01. The van der Waals surface area contributed by atoms with Gasteiger partial charge in [-0.25, -0.2) is 14.1 Å². The van der Waals surface area contributed by atoms with Crippen LogP contribution in [-0.2, 0) is 18.6 Å². The summed E-state index contributed by atoms with van der Waals surface area (Å²) in [6, 6.07) is 0. The molecule has 0 saturated carbocycles. The molecule has 1 unspecified atom stereocenters. The number of nitrogens with zero attached hydrogens (tertiary/aromatic N) is 3. The number of amides is 2. The molecule has 168 valence electrons. The number of carbonyl (C=O) groups excluding carboxylic acids is 2. The predicted octanol–water partition coefficient (Wildman–Crippen LogP) is -0.213. The minimum absolute atomic E-state index is 0.0801. The van der Waals surface area contributed by atoms with E-state index in [4.69, 9.17) is 14.0 Å². The number of ether oxygens (including phenoxy) is 2. The van der Waals surface area contributed by atoms with Crippen LogP contribution in [0.4, 0.5) is 21.0 Å². The van der Waals surface area contributed by atoms with Gasteiger partial charge < -0.3 is 34.4 Å². The largest absolute Gasteiger partial charge is 0.414 e. The highest BCUT2D eigenvalue weighted by Gasteiger charge is 2.34. The van der Waals surface area contributed by atoms with Crippen LogP contribution in [0.5, 0.6) is 0 Å². The molecule has 1 heterocycles. The monoisotopic (exact) mass is 448 g/mol. The lowest BCUT2D eigenvalue weighted by Crippen LogP contribution is -2.42. The maximum absolute atomic E-state index is 12.5. The van der Waals surface area contributed by atoms with Gasteiger partial charge >= 0.3 is 26.3 Å². The average molecular weight is 448 g/mol. The van der Waals surface area contributed by atoms with Crippen molar-refractivity contribution in [3.63, 3.8) is 0 Å². The average Bonchev–Trinajstić information content (AvgIpc) is 2.85. The zero-order valence-corrected chi connectivity index (χ0v) is 18.0. The molecule has 13 nitrogen and oxygen atoms in total. The first-order valence-corrected chi connectivity index (χ1v) is 10.8. The topological polar surface area (TPSA) is 155 Å². The fourth-order valence-electron chi connectivity index (χ4n) is 2.54. The van der Waals surface area contributed by atoms with E-state index in [0.29, 0.717) is 19.5 Å². The first kappa shape index (κ1) is 23.6. The van der Waals surface area contributed by atoms with Crippen molar-refractivity contribution < 1.29 is 33.0 Å². The molecule has 0 aromatic heterocycles. The lowest BCUT2D eigenvalue weighted by molar-refractivity contribution is -0.190. The Balaban J connectivity index is 2.06. The Hall–Kier alpha value is -2.63. The molecule has 0 aliphatic carbocycles. The molecule has 1 aliphatic rings. The molecule has 2 N–H and O–H groups in total. The summed E-state index contributed by atoms with van der Waals surface area (Å²) in [5.41, 5.74) is -0.909. The van der Waals surface area contributed by atoms with Crippen molar-refractivity contribution in [1.29, 1.82) is 0 Å². The molecule has 1 aromatic rings. The second kappa shape index (κ2) is 9.45. The van der Waals surface area contributed by atoms with Crippen LogP contribution in [0.15, 0.2) is 9.59 Å². The third kappa shape index (κ3) is 5.71. The van der Waals surface area contributed by atoms with E-state index < -0.39 is 43.3 Å². The Morgan fingerprint density at radius 2 is 1.70 bits per heavy atom. The van der Waals surface area contributed by atoms with E-state index in [1.807, 2.05) is 0 Å². The lowest BCUT2D eigenvalue weighted by Gasteiger charge is -2.27. The number of hydrogen-bond acceptors (Lipinski definition) is 10. The third-order valence-corrected chi connectivity index (χ3v) is 5.40. The summed E-state index contributed by atoms with van der Waals surface area (Å²) in [5.74, 6) is 0. The molecule has 0 fully saturated rings. The smallest absolute Gasteiger partial charge is 0.383 e. The van der Waals surface area contributed by atoms with Crippen molar-refractivity contribution in [2.45, 2.75) is 12.9 Å². The maximum atomic E-state index is 12.5. The fraction of sp³-hybridized carbons (Fsp3) is 0.625. The zero-order valence-electron chi connectivity index (χ0n) is 17.1. The molecule has 1 aliphatic heterocycles. The molecule has 0 saturated heterocycles. The van der Waals surface area contributed by atoms with Gasteiger partial charge in [-0.15, -0.1) is 0 Å². The molecule has 0 bridgehead atoms. The van der Waals surface area contributed by atoms with Gasteiger partial charge in [-0.1, -0.05) is 0 Å². The summed E-state index contributed by atoms with van der Waals surface area (Å²) in [4.78, 5) is 60.7. The second-order valence-corrected chi connectivity index (χ2v) is 8.89. The second-order valence-electron chi connectivity index (χ2n) is 6.96. The van der Waals surface area contributed by atoms with Gasteiger partial charge in [0.2, 0.25) is 0 Å². The molecule has 0 spiro atoms. The lowest BCUT2D eigenvalue weighted by atomic mass is 10.2. The number of fused-ring (bicyclic) bond motifs is 1. The van der Waals surface area contributed by atoms with Crippen LogP contribution in [0.3, 0.4) is 0 Å². The van der Waals surface area contributed by atoms with Gasteiger partial charge in [-0.2, -0.15) is 0 Å². The van der Waals surface area contributed by atoms with Crippen molar-refractivity contribution in [3.05, 3.63) is 20.4 Å². The van der Waals surface area contributed by atoms with E-state index >= 15 is 0 Å².